The maximum atomic E-state index is 10.7. The monoisotopic (exact) mass is 237 g/mol. The molecule has 0 aliphatic heterocycles. The summed E-state index contributed by atoms with van der Waals surface area (Å²) < 4.78 is 0. The lowest BCUT2D eigenvalue weighted by molar-refractivity contribution is -0.0280. The molecule has 3 rings (SSSR count). The van der Waals surface area contributed by atoms with E-state index >= 15 is 0 Å². The molecule has 17 heavy (non-hydrogen) atoms. The zero-order chi connectivity index (χ0) is 11.7. The van der Waals surface area contributed by atoms with Gasteiger partial charge in [0.05, 0.1) is 5.60 Å². The summed E-state index contributed by atoms with van der Waals surface area (Å²) in [5.41, 5.74) is -0.345. The zero-order valence-electron chi connectivity index (χ0n) is 11.0. The molecule has 0 unspecified atom stereocenters. The Balaban J connectivity index is 1.52. The van der Waals surface area contributed by atoms with Gasteiger partial charge in [0, 0.05) is 19.6 Å². The summed E-state index contributed by atoms with van der Waals surface area (Å²) >= 11 is 0. The van der Waals surface area contributed by atoms with Crippen molar-refractivity contribution in [1.29, 1.82) is 0 Å². The highest BCUT2D eigenvalue weighted by Crippen LogP contribution is 2.36. The molecule has 0 saturated heterocycles. The Hall–Kier alpha value is -0.0800. The molecule has 0 aromatic rings. The summed E-state index contributed by atoms with van der Waals surface area (Å²) in [5.74, 6) is 1.92. The molecule has 2 heteroatoms. The van der Waals surface area contributed by atoms with Gasteiger partial charge < -0.3 is 5.11 Å². The Bertz CT molecular complexity index is 238. The first kappa shape index (κ1) is 12.0. The van der Waals surface area contributed by atoms with Crippen LogP contribution in [-0.2, 0) is 0 Å². The van der Waals surface area contributed by atoms with Crippen molar-refractivity contribution in [2.45, 2.75) is 63.4 Å². The third kappa shape index (κ3) is 3.69. The second kappa shape index (κ2) is 4.89. The molecule has 0 radical (unpaired) electrons. The molecular weight excluding hydrogens is 210 g/mol. The van der Waals surface area contributed by atoms with Crippen LogP contribution in [0.5, 0.6) is 0 Å². The van der Waals surface area contributed by atoms with Crippen molar-refractivity contribution in [1.82, 2.24) is 4.90 Å². The topological polar surface area (TPSA) is 23.5 Å². The van der Waals surface area contributed by atoms with Crippen molar-refractivity contribution in [2.75, 3.05) is 19.6 Å². The molecule has 0 aromatic heterocycles. The second-order valence-corrected chi connectivity index (χ2v) is 6.87. The molecular formula is C15H27NO. The first-order chi connectivity index (χ1) is 8.23. The molecule has 3 saturated carbocycles. The third-order valence-electron chi connectivity index (χ3n) is 4.73. The highest BCUT2D eigenvalue weighted by molar-refractivity contribution is 4.89. The third-order valence-corrected chi connectivity index (χ3v) is 4.73. The summed E-state index contributed by atoms with van der Waals surface area (Å²) in [7, 11) is 0. The molecule has 3 aliphatic rings. The molecule has 0 atom stereocenters. The number of nitrogens with zero attached hydrogens (tertiary/aromatic N) is 1. The van der Waals surface area contributed by atoms with E-state index in [-0.39, 0.29) is 5.60 Å². The second-order valence-electron chi connectivity index (χ2n) is 6.87. The van der Waals surface area contributed by atoms with Gasteiger partial charge in [0.25, 0.3) is 0 Å². The number of aliphatic hydroxyl groups is 1. The van der Waals surface area contributed by atoms with Crippen molar-refractivity contribution < 1.29 is 5.11 Å². The molecule has 98 valence electrons. The lowest BCUT2D eigenvalue weighted by atomic mass is 9.84. The number of rotatable bonds is 6. The van der Waals surface area contributed by atoms with Crippen LogP contribution in [0, 0.1) is 11.8 Å². The Labute approximate surface area is 105 Å². The minimum atomic E-state index is -0.345. The van der Waals surface area contributed by atoms with E-state index in [9.17, 15) is 5.11 Å². The van der Waals surface area contributed by atoms with E-state index in [4.69, 9.17) is 0 Å². The van der Waals surface area contributed by atoms with Crippen LogP contribution in [0.4, 0.5) is 0 Å². The minimum Gasteiger partial charge on any atom is -0.389 e. The van der Waals surface area contributed by atoms with Crippen molar-refractivity contribution in [2.24, 2.45) is 11.8 Å². The van der Waals surface area contributed by atoms with Gasteiger partial charge in [-0.15, -0.1) is 0 Å². The van der Waals surface area contributed by atoms with E-state index in [0.29, 0.717) is 0 Å². The van der Waals surface area contributed by atoms with Crippen LogP contribution in [0.3, 0.4) is 0 Å². The van der Waals surface area contributed by atoms with E-state index in [1.54, 1.807) is 0 Å². The summed E-state index contributed by atoms with van der Waals surface area (Å²) in [4.78, 5) is 2.60. The average molecular weight is 237 g/mol. The Kier molecular flexibility index (Phi) is 3.45. The molecule has 3 fully saturated rings. The van der Waals surface area contributed by atoms with Crippen LogP contribution >= 0.6 is 0 Å². The largest absolute Gasteiger partial charge is 0.389 e. The van der Waals surface area contributed by atoms with Crippen LogP contribution < -0.4 is 0 Å². The van der Waals surface area contributed by atoms with Gasteiger partial charge in [-0.25, -0.2) is 0 Å². The van der Waals surface area contributed by atoms with Gasteiger partial charge in [-0.05, 0) is 50.4 Å². The maximum Gasteiger partial charge on any atom is 0.0774 e. The predicted octanol–water partition coefficient (Wildman–Crippen LogP) is 2.80. The lowest BCUT2D eigenvalue weighted by Gasteiger charge is -2.37. The maximum absolute atomic E-state index is 10.7. The Morgan fingerprint density at radius 3 is 1.88 bits per heavy atom. The van der Waals surface area contributed by atoms with Gasteiger partial charge in [0.1, 0.15) is 0 Å². The first-order valence-electron chi connectivity index (χ1n) is 7.68. The fraction of sp³-hybridized carbons (Fsp3) is 1.00. The summed E-state index contributed by atoms with van der Waals surface area (Å²) in [6.07, 6.45) is 11.6. The fourth-order valence-electron chi connectivity index (χ4n) is 3.32. The van der Waals surface area contributed by atoms with Crippen LogP contribution in [0.15, 0.2) is 0 Å². The molecule has 1 N–H and O–H groups in total. The SMILES string of the molecule is OC1(CN(CC2CC2)CC2CC2)CCCCC1. The van der Waals surface area contributed by atoms with Gasteiger partial charge in [0.15, 0.2) is 0 Å². The molecule has 0 aromatic carbocycles. The Morgan fingerprint density at radius 2 is 1.41 bits per heavy atom. The molecule has 0 amide bonds. The van der Waals surface area contributed by atoms with Crippen molar-refractivity contribution in [3.05, 3.63) is 0 Å². The molecule has 2 nitrogen and oxygen atoms in total. The van der Waals surface area contributed by atoms with Crippen LogP contribution in [0.1, 0.15) is 57.8 Å². The highest BCUT2D eigenvalue weighted by atomic mass is 16.3. The summed E-state index contributed by atoms with van der Waals surface area (Å²) in [6, 6.07) is 0. The van der Waals surface area contributed by atoms with E-state index in [0.717, 1.165) is 31.2 Å². The number of hydrogen-bond acceptors (Lipinski definition) is 2. The minimum absolute atomic E-state index is 0.345. The molecule has 0 bridgehead atoms. The zero-order valence-corrected chi connectivity index (χ0v) is 11.0. The fourth-order valence-corrected chi connectivity index (χ4v) is 3.32. The van der Waals surface area contributed by atoms with Crippen molar-refractivity contribution in [3.8, 4) is 0 Å². The van der Waals surface area contributed by atoms with E-state index in [2.05, 4.69) is 4.90 Å². The van der Waals surface area contributed by atoms with Gasteiger partial charge in [-0.1, -0.05) is 19.3 Å². The smallest absolute Gasteiger partial charge is 0.0774 e. The van der Waals surface area contributed by atoms with Crippen molar-refractivity contribution in [3.63, 3.8) is 0 Å². The van der Waals surface area contributed by atoms with Crippen molar-refractivity contribution >= 4 is 0 Å². The van der Waals surface area contributed by atoms with Gasteiger partial charge in [0.2, 0.25) is 0 Å². The van der Waals surface area contributed by atoms with Gasteiger partial charge in [-0.2, -0.15) is 0 Å². The lowest BCUT2D eigenvalue weighted by Crippen LogP contribution is -2.45. The van der Waals surface area contributed by atoms with Crippen LogP contribution in [0.25, 0.3) is 0 Å². The van der Waals surface area contributed by atoms with Crippen LogP contribution in [0.2, 0.25) is 0 Å². The molecule has 0 spiro atoms. The molecule has 3 aliphatic carbocycles. The van der Waals surface area contributed by atoms with E-state index < -0.39 is 0 Å². The van der Waals surface area contributed by atoms with E-state index in [1.807, 2.05) is 0 Å². The summed E-state index contributed by atoms with van der Waals surface area (Å²) in [6.45, 7) is 3.48. The quantitative estimate of drug-likeness (QED) is 0.768. The average Bonchev–Trinajstić information content (AvgIpc) is 3.14. The highest BCUT2D eigenvalue weighted by Gasteiger charge is 2.35. The van der Waals surface area contributed by atoms with Gasteiger partial charge >= 0.3 is 0 Å². The molecule has 0 heterocycles. The van der Waals surface area contributed by atoms with E-state index in [1.165, 1.54) is 58.0 Å². The predicted molar refractivity (Wildman–Crippen MR) is 69.9 cm³/mol. The summed E-state index contributed by atoms with van der Waals surface area (Å²) in [5, 5.41) is 10.7. The first-order valence-corrected chi connectivity index (χ1v) is 7.68. The van der Waals surface area contributed by atoms with Gasteiger partial charge in [-0.3, -0.25) is 4.90 Å². The Morgan fingerprint density at radius 1 is 0.882 bits per heavy atom. The number of hydrogen-bond donors (Lipinski definition) is 1. The van der Waals surface area contributed by atoms with Crippen LogP contribution in [-0.4, -0.2) is 35.2 Å². The standard InChI is InChI=1S/C15H27NO/c17-15(8-2-1-3-9-15)12-16(10-13-4-5-13)11-14-6-7-14/h13-14,17H,1-12H2. The normalized spacial score (nSPS) is 28.6.